The number of nitrogens with one attached hydrogen (secondary N) is 1. The molecule has 1 N–H and O–H groups in total. The van der Waals surface area contributed by atoms with Crippen LogP contribution >= 0.6 is 15.9 Å². The summed E-state index contributed by atoms with van der Waals surface area (Å²) in [6, 6.07) is 4.93. The average Bonchev–Trinajstić information content (AvgIpc) is 2.31. The number of likely N-dealkylation sites (N-methyl/N-ethyl adjacent to an activating group) is 1. The Bertz CT molecular complexity index is 343. The summed E-state index contributed by atoms with van der Waals surface area (Å²) in [5.74, 6) is -0.210. The number of ether oxygens (including phenoxy) is 1. The third kappa shape index (κ3) is 6.44. The monoisotopic (exact) mass is 318 g/mol. The summed E-state index contributed by atoms with van der Waals surface area (Å²) in [4.78, 5) is 2.19. The quantitative estimate of drug-likeness (QED) is 0.744. The number of nitrogens with zero attached hydrogens (tertiary/aromatic N) is 1. The third-order valence-electron chi connectivity index (χ3n) is 2.60. The average molecular weight is 319 g/mol. The van der Waals surface area contributed by atoms with Crippen LogP contribution in [0.4, 0.5) is 4.39 Å². The summed E-state index contributed by atoms with van der Waals surface area (Å²) in [7, 11) is 3.76. The van der Waals surface area contributed by atoms with Crippen LogP contribution in [0, 0.1) is 5.82 Å². The van der Waals surface area contributed by atoms with Crippen molar-refractivity contribution in [2.24, 2.45) is 0 Å². The highest BCUT2D eigenvalue weighted by molar-refractivity contribution is 9.10. The van der Waals surface area contributed by atoms with Gasteiger partial charge in [0.25, 0.3) is 0 Å². The van der Waals surface area contributed by atoms with Gasteiger partial charge in [0.1, 0.15) is 5.82 Å². The van der Waals surface area contributed by atoms with E-state index in [0.29, 0.717) is 6.54 Å². The first-order valence-corrected chi connectivity index (χ1v) is 6.74. The van der Waals surface area contributed by atoms with Gasteiger partial charge < -0.3 is 15.0 Å². The smallest absolute Gasteiger partial charge is 0.124 e. The first kappa shape index (κ1) is 15.6. The zero-order chi connectivity index (χ0) is 13.4. The maximum absolute atomic E-state index is 13.1. The van der Waals surface area contributed by atoms with Crippen LogP contribution in [0.15, 0.2) is 22.7 Å². The third-order valence-corrected chi connectivity index (χ3v) is 3.06. The Morgan fingerprint density at radius 3 is 2.78 bits per heavy atom. The Morgan fingerprint density at radius 1 is 1.33 bits per heavy atom. The zero-order valence-electron chi connectivity index (χ0n) is 10.9. The van der Waals surface area contributed by atoms with E-state index < -0.39 is 0 Å². The Kier molecular flexibility index (Phi) is 7.42. The lowest BCUT2D eigenvalue weighted by Gasteiger charge is -2.16. The maximum atomic E-state index is 13.1. The van der Waals surface area contributed by atoms with E-state index in [1.807, 2.05) is 6.07 Å². The Morgan fingerprint density at radius 2 is 2.11 bits per heavy atom. The summed E-state index contributed by atoms with van der Waals surface area (Å²) in [5, 5.41) is 3.29. The van der Waals surface area contributed by atoms with Gasteiger partial charge in [-0.2, -0.15) is 0 Å². The van der Waals surface area contributed by atoms with Crippen LogP contribution in [-0.4, -0.2) is 45.3 Å². The summed E-state index contributed by atoms with van der Waals surface area (Å²) in [5.41, 5.74) is 0.946. The molecule has 0 radical (unpaired) electrons. The van der Waals surface area contributed by atoms with Crippen molar-refractivity contribution in [3.63, 3.8) is 0 Å². The normalized spacial score (nSPS) is 11.2. The molecular formula is C13H20BrFN2O. The molecule has 0 bridgehead atoms. The largest absolute Gasteiger partial charge is 0.383 e. The minimum atomic E-state index is -0.210. The zero-order valence-corrected chi connectivity index (χ0v) is 12.5. The number of halogens is 2. The van der Waals surface area contributed by atoms with E-state index >= 15 is 0 Å². The highest BCUT2D eigenvalue weighted by Gasteiger charge is 2.00. The number of benzene rings is 1. The molecule has 0 saturated carbocycles. The van der Waals surface area contributed by atoms with Gasteiger partial charge in [-0.3, -0.25) is 0 Å². The lowest BCUT2D eigenvalue weighted by molar-refractivity contribution is 0.161. The van der Waals surface area contributed by atoms with Crippen molar-refractivity contribution in [1.29, 1.82) is 0 Å². The second-order valence-corrected chi connectivity index (χ2v) is 5.17. The summed E-state index contributed by atoms with van der Waals surface area (Å²) >= 11 is 3.28. The fourth-order valence-electron chi connectivity index (χ4n) is 1.57. The summed E-state index contributed by atoms with van der Waals surface area (Å²) in [6.45, 7) is 4.15. The standard InChI is InChI=1S/C13H20BrFN2O/c1-17(5-6-18-2)4-3-16-10-11-7-12(14)9-13(15)8-11/h7-9,16H,3-6,10H2,1-2H3. The van der Waals surface area contributed by atoms with Crippen LogP contribution in [0.2, 0.25) is 0 Å². The number of rotatable bonds is 8. The first-order valence-electron chi connectivity index (χ1n) is 5.95. The van der Waals surface area contributed by atoms with Crippen LogP contribution in [0.3, 0.4) is 0 Å². The van der Waals surface area contributed by atoms with Crippen molar-refractivity contribution in [3.8, 4) is 0 Å². The van der Waals surface area contributed by atoms with Gasteiger partial charge in [0, 0.05) is 37.8 Å². The molecule has 1 aromatic carbocycles. The van der Waals surface area contributed by atoms with E-state index in [2.05, 4.69) is 33.2 Å². The van der Waals surface area contributed by atoms with Gasteiger partial charge in [-0.15, -0.1) is 0 Å². The molecule has 0 aliphatic carbocycles. The van der Waals surface area contributed by atoms with Gasteiger partial charge >= 0.3 is 0 Å². The van der Waals surface area contributed by atoms with Gasteiger partial charge in [-0.1, -0.05) is 15.9 Å². The van der Waals surface area contributed by atoms with Gasteiger partial charge in [0.05, 0.1) is 6.61 Å². The summed E-state index contributed by atoms with van der Waals surface area (Å²) < 4.78 is 18.9. The molecule has 0 saturated heterocycles. The molecule has 1 aromatic rings. The molecular weight excluding hydrogens is 299 g/mol. The molecule has 3 nitrogen and oxygen atoms in total. The molecule has 0 unspecified atom stereocenters. The molecule has 0 amide bonds. The highest BCUT2D eigenvalue weighted by atomic mass is 79.9. The van der Waals surface area contributed by atoms with Crippen LogP contribution < -0.4 is 5.32 Å². The van der Waals surface area contributed by atoms with Gasteiger partial charge in [-0.05, 0) is 30.8 Å². The minimum Gasteiger partial charge on any atom is -0.383 e. The van der Waals surface area contributed by atoms with Crippen molar-refractivity contribution in [1.82, 2.24) is 10.2 Å². The SMILES string of the molecule is COCCN(C)CCNCc1cc(F)cc(Br)c1. The number of hydrogen-bond donors (Lipinski definition) is 1. The Hall–Kier alpha value is -0.490. The van der Waals surface area contributed by atoms with E-state index in [1.54, 1.807) is 13.2 Å². The molecule has 0 aliphatic rings. The molecule has 0 fully saturated rings. The highest BCUT2D eigenvalue weighted by Crippen LogP contribution is 2.14. The molecule has 5 heteroatoms. The number of methoxy groups -OCH3 is 1. The number of hydrogen-bond acceptors (Lipinski definition) is 3. The molecule has 0 aliphatic heterocycles. The molecule has 0 atom stereocenters. The second kappa shape index (κ2) is 8.58. The molecule has 0 spiro atoms. The van der Waals surface area contributed by atoms with Crippen molar-refractivity contribution in [3.05, 3.63) is 34.1 Å². The van der Waals surface area contributed by atoms with Crippen LogP contribution in [-0.2, 0) is 11.3 Å². The van der Waals surface area contributed by atoms with Crippen LogP contribution in [0.5, 0.6) is 0 Å². The van der Waals surface area contributed by atoms with E-state index in [0.717, 1.165) is 36.3 Å². The van der Waals surface area contributed by atoms with Crippen LogP contribution in [0.25, 0.3) is 0 Å². The minimum absolute atomic E-state index is 0.210. The van der Waals surface area contributed by atoms with Gasteiger partial charge in [-0.25, -0.2) is 4.39 Å². The van der Waals surface area contributed by atoms with Crippen molar-refractivity contribution < 1.29 is 9.13 Å². The van der Waals surface area contributed by atoms with Crippen LogP contribution in [0.1, 0.15) is 5.56 Å². The van der Waals surface area contributed by atoms with Crippen molar-refractivity contribution in [2.45, 2.75) is 6.54 Å². The molecule has 1 rings (SSSR count). The second-order valence-electron chi connectivity index (χ2n) is 4.25. The topological polar surface area (TPSA) is 24.5 Å². The van der Waals surface area contributed by atoms with Crippen molar-refractivity contribution >= 4 is 15.9 Å². The van der Waals surface area contributed by atoms with Crippen molar-refractivity contribution in [2.75, 3.05) is 40.4 Å². The van der Waals surface area contributed by atoms with E-state index in [4.69, 9.17) is 4.74 Å². The fourth-order valence-corrected chi connectivity index (χ4v) is 2.09. The maximum Gasteiger partial charge on any atom is 0.124 e. The summed E-state index contributed by atoms with van der Waals surface area (Å²) in [6.07, 6.45) is 0. The lowest BCUT2D eigenvalue weighted by atomic mass is 10.2. The van der Waals surface area contributed by atoms with Gasteiger partial charge in [0.15, 0.2) is 0 Å². The molecule has 102 valence electrons. The first-order chi connectivity index (χ1) is 8.61. The van der Waals surface area contributed by atoms with E-state index in [1.165, 1.54) is 6.07 Å². The fraction of sp³-hybridized carbons (Fsp3) is 0.538. The Labute approximate surface area is 116 Å². The predicted molar refractivity (Wildman–Crippen MR) is 75.2 cm³/mol. The van der Waals surface area contributed by atoms with E-state index in [-0.39, 0.29) is 5.82 Å². The molecule has 0 aromatic heterocycles. The van der Waals surface area contributed by atoms with E-state index in [9.17, 15) is 4.39 Å². The Balaban J connectivity index is 2.21. The predicted octanol–water partition coefficient (Wildman–Crippen LogP) is 2.26. The van der Waals surface area contributed by atoms with Gasteiger partial charge in [0.2, 0.25) is 0 Å². The molecule has 0 heterocycles. The molecule has 18 heavy (non-hydrogen) atoms. The lowest BCUT2D eigenvalue weighted by Crippen LogP contribution is -2.31.